The van der Waals surface area contributed by atoms with Gasteiger partial charge in [-0.25, -0.2) is 22.0 Å². The predicted molar refractivity (Wildman–Crippen MR) is 115 cm³/mol. The lowest BCUT2D eigenvalue weighted by molar-refractivity contribution is -0.384. The van der Waals surface area contributed by atoms with Crippen LogP contribution in [-0.4, -0.2) is 14.7 Å². The Kier molecular flexibility index (Phi) is 6.63. The summed E-state index contributed by atoms with van der Waals surface area (Å²) in [4.78, 5) is 10.7. The van der Waals surface area contributed by atoms with E-state index in [9.17, 15) is 32.1 Å². The fourth-order valence-corrected chi connectivity index (χ4v) is 3.02. The van der Waals surface area contributed by atoms with E-state index in [4.69, 9.17) is 0 Å². The highest BCUT2D eigenvalue weighted by atomic mass is 19.2. The van der Waals surface area contributed by atoms with E-state index in [1.807, 2.05) is 20.8 Å². The summed E-state index contributed by atoms with van der Waals surface area (Å²) in [7, 11) is 1.62. The molecular formula is C23H19F5N4O2. The van der Waals surface area contributed by atoms with E-state index in [1.165, 1.54) is 16.8 Å². The fraction of sp³-hybridized carbons (Fsp3) is 0.261. The average molecular weight is 478 g/mol. The lowest BCUT2D eigenvalue weighted by atomic mass is 9.97. The van der Waals surface area contributed by atoms with Gasteiger partial charge >= 0.3 is 0 Å². The van der Waals surface area contributed by atoms with Gasteiger partial charge in [0, 0.05) is 54.2 Å². The predicted octanol–water partition coefficient (Wildman–Crippen LogP) is 5.70. The fourth-order valence-electron chi connectivity index (χ4n) is 3.02. The number of nitro benzene ring substituents is 1. The minimum atomic E-state index is -2.26. The zero-order valence-electron chi connectivity index (χ0n) is 18.6. The highest BCUT2D eigenvalue weighted by molar-refractivity contribution is 5.81. The number of aromatic nitrogens is 2. The van der Waals surface area contributed by atoms with Gasteiger partial charge in [-0.3, -0.25) is 14.8 Å². The molecule has 0 aliphatic heterocycles. The van der Waals surface area contributed by atoms with Gasteiger partial charge in [0.1, 0.15) is 5.69 Å². The molecule has 1 aromatic heterocycles. The van der Waals surface area contributed by atoms with Crippen LogP contribution in [0.4, 0.5) is 33.3 Å². The number of rotatable bonds is 5. The molecule has 0 radical (unpaired) electrons. The van der Waals surface area contributed by atoms with Gasteiger partial charge in [-0.15, -0.1) is 0 Å². The minimum absolute atomic E-state index is 0.118. The van der Waals surface area contributed by atoms with Crippen molar-refractivity contribution in [2.45, 2.75) is 27.3 Å². The van der Waals surface area contributed by atoms with Crippen molar-refractivity contribution in [3.63, 3.8) is 0 Å². The Morgan fingerprint density at radius 2 is 1.65 bits per heavy atom. The number of hydrogen-bond acceptors (Lipinski definition) is 4. The average Bonchev–Trinajstić information content (AvgIpc) is 3.14. The van der Waals surface area contributed by atoms with E-state index >= 15 is 0 Å². The van der Waals surface area contributed by atoms with Gasteiger partial charge in [0.15, 0.2) is 23.3 Å². The number of anilines is 1. The highest BCUT2D eigenvalue weighted by Crippen LogP contribution is 2.34. The number of benzene rings is 2. The summed E-state index contributed by atoms with van der Waals surface area (Å²) in [6, 6.07) is 3.58. The van der Waals surface area contributed by atoms with Crippen LogP contribution in [0.25, 0.3) is 11.3 Å². The monoisotopic (exact) mass is 478 g/mol. The van der Waals surface area contributed by atoms with E-state index in [0.717, 1.165) is 6.07 Å². The highest BCUT2D eigenvalue weighted by Gasteiger charge is 2.26. The second kappa shape index (κ2) is 9.13. The van der Waals surface area contributed by atoms with Crippen molar-refractivity contribution in [2.75, 3.05) is 5.32 Å². The summed E-state index contributed by atoms with van der Waals surface area (Å²) >= 11 is 0. The van der Waals surface area contributed by atoms with Crippen LogP contribution in [0.1, 0.15) is 31.9 Å². The normalized spacial score (nSPS) is 11.2. The molecule has 0 aliphatic rings. The summed E-state index contributed by atoms with van der Waals surface area (Å²) in [6.45, 7) is 4.88. The Morgan fingerprint density at radius 3 is 2.21 bits per heavy atom. The first kappa shape index (κ1) is 24.7. The zero-order chi connectivity index (χ0) is 25.4. The van der Waals surface area contributed by atoms with Crippen molar-refractivity contribution in [3.05, 3.63) is 74.7 Å². The Morgan fingerprint density at radius 1 is 1.06 bits per heavy atom. The minimum Gasteiger partial charge on any atom is -0.380 e. The van der Waals surface area contributed by atoms with E-state index < -0.39 is 46.1 Å². The molecule has 178 valence electrons. The molecule has 6 nitrogen and oxygen atoms in total. The maximum absolute atomic E-state index is 14.1. The molecule has 3 rings (SSSR count). The molecule has 0 saturated carbocycles. The SMILES string of the molecule is Cn1cc(C#CC(C)(C)C)c(-c2cc([N+](=O)[O-])ccc2NCc2c(F)c(F)c(F)c(F)c2F)n1. The Labute approximate surface area is 191 Å². The molecule has 0 bridgehead atoms. The number of hydrogen-bond donors (Lipinski definition) is 1. The van der Waals surface area contributed by atoms with E-state index in [1.54, 1.807) is 13.2 Å². The van der Waals surface area contributed by atoms with Crippen LogP contribution >= 0.6 is 0 Å². The Hall–Kier alpha value is -3.94. The molecule has 0 spiro atoms. The van der Waals surface area contributed by atoms with Gasteiger partial charge in [-0.1, -0.05) is 11.8 Å². The zero-order valence-corrected chi connectivity index (χ0v) is 18.6. The molecule has 0 unspecified atom stereocenters. The van der Waals surface area contributed by atoms with Crippen LogP contribution in [0.15, 0.2) is 24.4 Å². The van der Waals surface area contributed by atoms with Gasteiger partial charge in [-0.2, -0.15) is 5.10 Å². The summed E-state index contributed by atoms with van der Waals surface area (Å²) in [5, 5.41) is 18.2. The van der Waals surface area contributed by atoms with Crippen LogP contribution < -0.4 is 5.32 Å². The first-order valence-corrected chi connectivity index (χ1v) is 9.90. The molecule has 3 aromatic rings. The number of aryl methyl sites for hydroxylation is 1. The summed E-state index contributed by atoms with van der Waals surface area (Å²) < 4.78 is 70.1. The third-order valence-electron chi connectivity index (χ3n) is 4.63. The Balaban J connectivity index is 2.11. The van der Waals surface area contributed by atoms with Crippen molar-refractivity contribution >= 4 is 11.4 Å². The topological polar surface area (TPSA) is 73.0 Å². The van der Waals surface area contributed by atoms with Crippen molar-refractivity contribution in [1.29, 1.82) is 0 Å². The largest absolute Gasteiger partial charge is 0.380 e. The maximum Gasteiger partial charge on any atom is 0.270 e. The third kappa shape index (κ3) is 5.01. The molecule has 0 fully saturated rings. The first-order chi connectivity index (χ1) is 15.8. The van der Waals surface area contributed by atoms with Crippen molar-refractivity contribution < 1.29 is 26.9 Å². The second-order valence-corrected chi connectivity index (χ2v) is 8.45. The number of halogens is 5. The van der Waals surface area contributed by atoms with Gasteiger partial charge in [0.25, 0.3) is 5.69 Å². The van der Waals surface area contributed by atoms with Crippen LogP contribution in [0.5, 0.6) is 0 Å². The van der Waals surface area contributed by atoms with Crippen LogP contribution in [0.3, 0.4) is 0 Å². The van der Waals surface area contributed by atoms with Gasteiger partial charge in [0.2, 0.25) is 5.82 Å². The molecule has 0 atom stereocenters. The third-order valence-corrected chi connectivity index (χ3v) is 4.63. The van der Waals surface area contributed by atoms with Crippen LogP contribution in [0.2, 0.25) is 0 Å². The van der Waals surface area contributed by atoms with Crippen LogP contribution in [0, 0.1) is 56.5 Å². The van der Waals surface area contributed by atoms with Crippen LogP contribution in [-0.2, 0) is 13.6 Å². The molecule has 11 heteroatoms. The van der Waals surface area contributed by atoms with Gasteiger partial charge < -0.3 is 5.32 Å². The Bertz CT molecular complexity index is 1320. The lowest BCUT2D eigenvalue weighted by Gasteiger charge is -2.13. The smallest absolute Gasteiger partial charge is 0.270 e. The summed E-state index contributed by atoms with van der Waals surface area (Å²) in [6.07, 6.45) is 1.60. The quantitative estimate of drug-likeness (QED) is 0.128. The molecule has 0 saturated heterocycles. The lowest BCUT2D eigenvalue weighted by Crippen LogP contribution is -2.11. The van der Waals surface area contributed by atoms with E-state index in [-0.39, 0.29) is 28.0 Å². The van der Waals surface area contributed by atoms with Crippen molar-refractivity contribution in [3.8, 4) is 23.1 Å². The van der Waals surface area contributed by atoms with E-state index in [0.29, 0.717) is 5.56 Å². The number of nitrogens with one attached hydrogen (secondary N) is 1. The van der Waals surface area contributed by atoms with Crippen molar-refractivity contribution in [2.24, 2.45) is 12.5 Å². The number of nitro groups is 1. The summed E-state index contributed by atoms with van der Waals surface area (Å²) in [5.41, 5.74) is -0.779. The standard InChI is InChI=1S/C23H19F5N4O2/c1-23(2,3)8-7-12-11-31(4)30-22(12)14-9-13(32(33)34)5-6-16(14)29-10-15-17(24)19(26)21(28)20(27)18(15)25/h5-6,9,11,29H,10H2,1-4H3. The maximum atomic E-state index is 14.1. The summed E-state index contributed by atoms with van der Waals surface area (Å²) in [5.74, 6) is -4.33. The molecule has 0 aliphatic carbocycles. The first-order valence-electron chi connectivity index (χ1n) is 9.90. The molecular weight excluding hydrogens is 459 g/mol. The molecule has 2 aromatic carbocycles. The second-order valence-electron chi connectivity index (χ2n) is 8.45. The van der Waals surface area contributed by atoms with Gasteiger partial charge in [-0.05, 0) is 26.8 Å². The number of nitrogens with zero attached hydrogens (tertiary/aromatic N) is 3. The molecule has 34 heavy (non-hydrogen) atoms. The number of non-ortho nitro benzene ring substituents is 1. The molecule has 0 amide bonds. The van der Waals surface area contributed by atoms with Gasteiger partial charge in [0.05, 0.1) is 10.5 Å². The van der Waals surface area contributed by atoms with Crippen molar-refractivity contribution in [1.82, 2.24) is 9.78 Å². The van der Waals surface area contributed by atoms with E-state index in [2.05, 4.69) is 22.3 Å². The molecule has 1 N–H and O–H groups in total. The molecule has 1 heterocycles.